The van der Waals surface area contributed by atoms with Crippen molar-refractivity contribution in [3.05, 3.63) is 0 Å². The number of nitrogens with zero attached hydrogens (tertiary/aromatic N) is 4. The Morgan fingerprint density at radius 3 is 1.89 bits per heavy atom. The molecule has 0 aromatic rings. The number of hydrogen-bond donors (Lipinski definition) is 0. The van der Waals surface area contributed by atoms with Gasteiger partial charge in [0.15, 0.2) is 0 Å². The Bertz CT molecular complexity index is 523. The minimum atomic E-state index is -3.18. The Morgan fingerprint density at radius 2 is 1.39 bits per heavy atom. The molecule has 0 amide bonds. The molecule has 15 heteroatoms. The van der Waals surface area contributed by atoms with E-state index >= 15 is 0 Å². The first-order valence-electron chi connectivity index (χ1n) is 4.19. The van der Waals surface area contributed by atoms with Gasteiger partial charge in [-0.05, 0) is 81.3 Å². The van der Waals surface area contributed by atoms with Crippen LogP contribution in [-0.2, 0) is 4.52 Å². The van der Waals surface area contributed by atoms with Gasteiger partial charge in [0.05, 0.1) is 0 Å². The summed E-state index contributed by atoms with van der Waals surface area (Å²) in [5.74, 6) is -9.38. The molecular weight excluding hydrogens is 445 g/mol. The van der Waals surface area contributed by atoms with Crippen LogP contribution in [0.5, 0.6) is 0 Å². The lowest BCUT2D eigenvalue weighted by molar-refractivity contribution is 0.275. The van der Waals surface area contributed by atoms with Gasteiger partial charge in [-0.25, -0.2) is 0 Å². The predicted molar refractivity (Wildman–Crippen MR) is 88.7 cm³/mol. The second kappa shape index (κ2) is 6.72. The second-order valence-corrected chi connectivity index (χ2v) is 19.5. The van der Waals surface area contributed by atoms with Crippen LogP contribution in [0.4, 0.5) is 0 Å². The van der Waals surface area contributed by atoms with Crippen molar-refractivity contribution in [2.24, 2.45) is 18.1 Å². The van der Waals surface area contributed by atoms with Crippen molar-refractivity contribution in [1.29, 1.82) is 0 Å². The molecule has 106 valence electrons. The third kappa shape index (κ3) is 6.97. The molecule has 1 unspecified atom stereocenters. The fraction of sp³-hybridized carbons (Fsp3) is 1.00. The summed E-state index contributed by atoms with van der Waals surface area (Å²) in [5, 5.41) is 0. The average Bonchev–Trinajstić information content (AvgIpc) is 1.90. The Balaban J connectivity index is 3.42. The van der Waals surface area contributed by atoms with Gasteiger partial charge in [-0.3, -0.25) is 0 Å². The number of halogens is 6. The summed E-state index contributed by atoms with van der Waals surface area (Å²) in [6.07, 6.45) is -0.156. The normalized spacial score (nSPS) is 27.9. The van der Waals surface area contributed by atoms with Gasteiger partial charge in [-0.15, -0.1) is 4.52 Å². The molecule has 1 aliphatic heterocycles. The molecule has 0 spiro atoms. The Morgan fingerprint density at radius 1 is 0.889 bits per heavy atom. The molecule has 0 saturated carbocycles. The fourth-order valence-corrected chi connectivity index (χ4v) is 18.5. The maximum atomic E-state index is 5.95. The van der Waals surface area contributed by atoms with Gasteiger partial charge in [0.1, 0.15) is 6.10 Å². The lowest BCUT2D eigenvalue weighted by atomic mass is 10.5. The van der Waals surface area contributed by atoms with Gasteiger partial charge >= 0.3 is 19.9 Å². The minimum absolute atomic E-state index is 0.156. The molecule has 18 heavy (non-hydrogen) atoms. The van der Waals surface area contributed by atoms with Crippen molar-refractivity contribution < 1.29 is 4.52 Å². The molecule has 1 atom stereocenters. The Hall–Kier alpha value is 2.49. The molecule has 0 radical (unpaired) electrons. The largest absolute Gasteiger partial charge is 0.542 e. The highest BCUT2D eigenvalue weighted by Crippen LogP contribution is 2.83. The predicted octanol–water partition coefficient (Wildman–Crippen LogP) is 9.19. The van der Waals surface area contributed by atoms with E-state index in [0.717, 1.165) is 0 Å². The van der Waals surface area contributed by atoms with Crippen molar-refractivity contribution >= 4 is 93.3 Å². The van der Waals surface area contributed by atoms with Crippen molar-refractivity contribution in [2.75, 3.05) is 0 Å². The zero-order chi connectivity index (χ0) is 14.2. The second-order valence-electron chi connectivity index (χ2n) is 3.13. The van der Waals surface area contributed by atoms with Crippen molar-refractivity contribution in [2.45, 2.75) is 20.0 Å². The zero-order valence-electron chi connectivity index (χ0n) is 8.83. The van der Waals surface area contributed by atoms with Crippen molar-refractivity contribution in [3.63, 3.8) is 0 Å². The highest BCUT2D eigenvalue weighted by molar-refractivity contribution is 8.22. The molecule has 0 fully saturated rings. The third-order valence-electron chi connectivity index (χ3n) is 1.10. The summed E-state index contributed by atoms with van der Waals surface area (Å²) < 4.78 is 21.1. The molecular formula is C3H7Cl6N4OP4+. The highest BCUT2D eigenvalue weighted by atomic mass is 35.9. The van der Waals surface area contributed by atoms with Crippen LogP contribution >= 0.6 is 93.3 Å². The number of rotatable bonds is 2. The van der Waals surface area contributed by atoms with Crippen LogP contribution in [-0.4, -0.2) is 6.10 Å². The van der Waals surface area contributed by atoms with Crippen LogP contribution in [0, 0.1) is 0 Å². The summed E-state index contributed by atoms with van der Waals surface area (Å²) >= 11 is 35.6. The van der Waals surface area contributed by atoms with Gasteiger partial charge in [-0.2, -0.15) is 9.03 Å². The van der Waals surface area contributed by atoms with Gasteiger partial charge in [0.2, 0.25) is 0 Å². The molecule has 0 aromatic carbocycles. The van der Waals surface area contributed by atoms with E-state index in [4.69, 9.17) is 72.0 Å². The first-order valence-corrected chi connectivity index (χ1v) is 15.9. The molecule has 1 rings (SSSR count). The summed E-state index contributed by atoms with van der Waals surface area (Å²) in [6.45, 7) is 3.60. The van der Waals surface area contributed by atoms with Crippen LogP contribution in [0.1, 0.15) is 13.8 Å². The van der Waals surface area contributed by atoms with Crippen molar-refractivity contribution in [3.8, 4) is 0 Å². The quantitative estimate of drug-likeness (QED) is 0.386. The minimum Gasteiger partial charge on any atom is -0.182 e. The average molecular weight is 452 g/mol. The molecule has 0 aliphatic carbocycles. The maximum absolute atomic E-state index is 5.95. The van der Waals surface area contributed by atoms with E-state index in [0.29, 0.717) is 0 Å². The summed E-state index contributed by atoms with van der Waals surface area (Å²) in [5.41, 5.74) is 0. The summed E-state index contributed by atoms with van der Waals surface area (Å²) in [7, 11) is -1.74. The summed E-state index contributed by atoms with van der Waals surface area (Å²) in [4.78, 5) is 0. The van der Waals surface area contributed by atoms with Gasteiger partial charge in [-0.1, -0.05) is 0 Å². The monoisotopic (exact) mass is 449 g/mol. The Kier molecular flexibility index (Phi) is 6.92. The molecule has 0 N–H and O–H groups in total. The lowest BCUT2D eigenvalue weighted by Crippen LogP contribution is -1.92. The molecule has 1 heterocycles. The first kappa shape index (κ1) is 18.5. The molecule has 5 nitrogen and oxygen atoms in total. The van der Waals surface area contributed by atoms with E-state index in [1.165, 1.54) is 0 Å². The van der Waals surface area contributed by atoms with E-state index in [2.05, 4.69) is 18.1 Å². The van der Waals surface area contributed by atoms with Gasteiger partial charge in [0.25, 0.3) is 5.91 Å². The number of hydrogen-bond acceptors (Lipinski definition) is 5. The van der Waals surface area contributed by atoms with Crippen LogP contribution in [0.25, 0.3) is 0 Å². The van der Waals surface area contributed by atoms with E-state index in [9.17, 15) is 0 Å². The molecule has 0 saturated heterocycles. The third-order valence-corrected chi connectivity index (χ3v) is 15.4. The zero-order valence-corrected chi connectivity index (χ0v) is 16.9. The molecule has 0 bridgehead atoms. The van der Waals surface area contributed by atoms with E-state index in [1.54, 1.807) is 13.8 Å². The summed E-state index contributed by atoms with van der Waals surface area (Å²) in [6, 6.07) is 0. The standard InChI is InChI=1S/C3H7Cl6N4OP4/c1-3(2)14-15-10-16(4,5)12-18(8,9)13-17(6,7)11-15/h3H,1-2H3/q+1. The van der Waals surface area contributed by atoms with Gasteiger partial charge < -0.3 is 0 Å². The molecule has 1 aliphatic rings. The van der Waals surface area contributed by atoms with Crippen LogP contribution in [0.2, 0.25) is 0 Å². The van der Waals surface area contributed by atoms with Crippen LogP contribution < -0.4 is 0 Å². The van der Waals surface area contributed by atoms with Crippen LogP contribution in [0.15, 0.2) is 18.1 Å². The van der Waals surface area contributed by atoms with E-state index < -0.39 is 25.8 Å². The fourth-order valence-electron chi connectivity index (χ4n) is 0.745. The smallest absolute Gasteiger partial charge is 0.182 e. The van der Waals surface area contributed by atoms with Gasteiger partial charge in [0, 0.05) is 9.03 Å². The SMILES string of the molecule is CC(C)O/[P+]1=N/P(Cl)(Cl)=NP(Cl)(Cl)=NP(Cl)(Cl)=N1. The lowest BCUT2D eigenvalue weighted by Gasteiger charge is -2.09. The maximum Gasteiger partial charge on any atom is 0.542 e. The van der Waals surface area contributed by atoms with E-state index in [1.807, 2.05) is 0 Å². The first-order chi connectivity index (χ1) is 7.91. The van der Waals surface area contributed by atoms with Crippen LogP contribution in [0.3, 0.4) is 0 Å². The highest BCUT2D eigenvalue weighted by Gasteiger charge is 2.35. The van der Waals surface area contributed by atoms with E-state index in [-0.39, 0.29) is 6.10 Å². The van der Waals surface area contributed by atoms with Crippen molar-refractivity contribution in [1.82, 2.24) is 0 Å². The molecule has 0 aromatic heterocycles. The Labute approximate surface area is 135 Å². The topological polar surface area (TPSA) is 58.7 Å².